The Kier molecular flexibility index (Phi) is 8.36. The van der Waals surface area contributed by atoms with Crippen LogP contribution >= 0.6 is 0 Å². The highest BCUT2D eigenvalue weighted by atomic mass is 16.5. The quantitative estimate of drug-likeness (QED) is 0.169. The summed E-state index contributed by atoms with van der Waals surface area (Å²) in [7, 11) is 3.95. The molecule has 4 aliphatic heterocycles. The lowest BCUT2D eigenvalue weighted by Crippen LogP contribution is -2.40. The van der Waals surface area contributed by atoms with E-state index in [4.69, 9.17) is 9.31 Å². The molecule has 8 aromatic carbocycles. The van der Waals surface area contributed by atoms with Crippen molar-refractivity contribution < 1.29 is 9.31 Å². The zero-order valence-corrected chi connectivity index (χ0v) is 31.4. The van der Waals surface area contributed by atoms with E-state index < -0.39 is 11.2 Å². The minimum Gasteiger partial charge on any atom is -0.409 e. The molecule has 0 saturated carbocycles. The average Bonchev–Trinajstić information content (AvgIpc) is 4.07. The fraction of sp³-hybridized carbons (Fsp3) is 0.200. The number of fused-ring (bicyclic) bond motifs is 6. The molecule has 0 aromatic heterocycles. The summed E-state index contributed by atoms with van der Waals surface area (Å²) in [5.74, 6) is 0. The van der Waals surface area contributed by atoms with Gasteiger partial charge in [-0.3, -0.25) is 0 Å². The summed E-state index contributed by atoms with van der Waals surface area (Å²) in [6.07, 6.45) is 4.73. The van der Waals surface area contributed by atoms with Crippen LogP contribution in [0.1, 0.15) is 47.9 Å². The zero-order chi connectivity index (χ0) is 37.1. The number of benzene rings is 8. The van der Waals surface area contributed by atoms with Gasteiger partial charge in [0.25, 0.3) is 0 Å². The lowest BCUT2D eigenvalue weighted by Gasteiger charge is -2.36. The molecule has 4 saturated heterocycles. The minimum atomic E-state index is -0.454. The summed E-state index contributed by atoms with van der Waals surface area (Å²) in [6, 6.07) is 62.2. The number of hydrogen-bond donors (Lipinski definition) is 0. The number of nitrogens with zero attached hydrogens (tertiary/aromatic N) is 2. The molecule has 0 aliphatic carbocycles. The summed E-state index contributed by atoms with van der Waals surface area (Å²) in [5, 5.41) is 10.1. The molecule has 270 valence electrons. The summed E-state index contributed by atoms with van der Waals surface area (Å²) < 4.78 is 13.2. The Balaban J connectivity index is 0.000000130. The van der Waals surface area contributed by atoms with Crippen LogP contribution in [0.15, 0.2) is 170 Å². The van der Waals surface area contributed by atoms with E-state index in [2.05, 4.69) is 179 Å². The van der Waals surface area contributed by atoms with E-state index in [1.165, 1.54) is 78.2 Å². The first kappa shape index (κ1) is 34.1. The Bertz CT molecular complexity index is 2400. The Morgan fingerprint density at radius 3 is 0.964 bits per heavy atom. The first-order chi connectivity index (χ1) is 27.7. The average molecular weight is 725 g/mol. The number of rotatable bonds is 4. The maximum absolute atomic E-state index is 6.58. The molecule has 12 rings (SSSR count). The second kappa shape index (κ2) is 13.8. The normalized spacial score (nSPS) is 21.1. The Morgan fingerprint density at radius 1 is 0.375 bits per heavy atom. The zero-order valence-electron chi connectivity index (χ0n) is 31.4. The molecule has 0 N–H and O–H groups in total. The highest BCUT2D eigenvalue weighted by Gasteiger charge is 2.54. The standard InChI is InChI=1S/2C25H21BNO/c2*1-3-8-20-16-22(13-11-18(20)6-1)25(24-10-5-15-27(24)26-28-25)23-14-12-19-7-2-4-9-21(19)17-23/h2*1-4,6-9,11-14,16-17,24H,5,10,15H2/t2*24-/m10/s1. The van der Waals surface area contributed by atoms with Gasteiger partial charge in [-0.1, -0.05) is 146 Å². The van der Waals surface area contributed by atoms with E-state index in [9.17, 15) is 0 Å². The molecule has 0 amide bonds. The fourth-order valence-corrected chi connectivity index (χ4v) is 10.2. The molecular weight excluding hydrogens is 682 g/mol. The smallest absolute Gasteiger partial charge is 0.400 e. The van der Waals surface area contributed by atoms with E-state index >= 15 is 0 Å². The van der Waals surface area contributed by atoms with Gasteiger partial charge in [0.2, 0.25) is 0 Å². The van der Waals surface area contributed by atoms with E-state index in [1.54, 1.807) is 0 Å². The molecule has 0 spiro atoms. The Hall–Kier alpha value is -5.23. The fourth-order valence-electron chi connectivity index (χ4n) is 10.2. The first-order valence-corrected chi connectivity index (χ1v) is 20.2. The summed E-state index contributed by atoms with van der Waals surface area (Å²) in [5.41, 5.74) is 4.06. The van der Waals surface area contributed by atoms with Crippen LogP contribution in [0.4, 0.5) is 0 Å². The number of hydrogen-bond acceptors (Lipinski definition) is 4. The van der Waals surface area contributed by atoms with Crippen LogP contribution < -0.4 is 0 Å². The van der Waals surface area contributed by atoms with Crippen molar-refractivity contribution in [3.8, 4) is 0 Å². The third-order valence-corrected chi connectivity index (χ3v) is 13.0. The van der Waals surface area contributed by atoms with Gasteiger partial charge < -0.3 is 18.9 Å². The van der Waals surface area contributed by atoms with Gasteiger partial charge in [0, 0.05) is 12.1 Å². The van der Waals surface area contributed by atoms with Gasteiger partial charge in [-0.15, -0.1) is 0 Å². The molecule has 4 aliphatic rings. The van der Waals surface area contributed by atoms with Crippen molar-refractivity contribution >= 4 is 58.3 Å². The van der Waals surface area contributed by atoms with E-state index in [1.807, 2.05) is 15.2 Å². The minimum absolute atomic E-state index is 0.342. The molecule has 4 heterocycles. The predicted molar refractivity (Wildman–Crippen MR) is 230 cm³/mol. The van der Waals surface area contributed by atoms with E-state index in [0.717, 1.165) is 25.9 Å². The highest BCUT2D eigenvalue weighted by molar-refractivity contribution is 6.25. The van der Waals surface area contributed by atoms with Gasteiger partial charge in [0.15, 0.2) is 0 Å². The molecule has 8 aromatic rings. The lowest BCUT2D eigenvalue weighted by molar-refractivity contribution is 0.109. The van der Waals surface area contributed by atoms with Gasteiger partial charge in [-0.05, 0) is 128 Å². The molecule has 0 unspecified atom stereocenters. The van der Waals surface area contributed by atoms with Crippen LogP contribution in [0.2, 0.25) is 0 Å². The Morgan fingerprint density at radius 2 is 0.661 bits per heavy atom. The summed E-state index contributed by atoms with van der Waals surface area (Å²) in [6.45, 7) is 2.15. The van der Waals surface area contributed by atoms with Crippen molar-refractivity contribution in [3.63, 3.8) is 0 Å². The van der Waals surface area contributed by atoms with Crippen LogP contribution in [-0.2, 0) is 20.5 Å². The van der Waals surface area contributed by atoms with Gasteiger partial charge in [-0.25, -0.2) is 0 Å². The second-order valence-corrected chi connectivity index (χ2v) is 16.0. The summed E-state index contributed by atoms with van der Waals surface area (Å²) >= 11 is 0. The van der Waals surface area contributed by atoms with Crippen molar-refractivity contribution in [2.24, 2.45) is 0 Å². The van der Waals surface area contributed by atoms with Gasteiger partial charge in [-0.2, -0.15) is 0 Å². The third kappa shape index (κ3) is 5.46. The van der Waals surface area contributed by atoms with E-state index in [0.29, 0.717) is 12.1 Å². The molecular formula is C50H42B2N2O2. The Labute approximate surface area is 330 Å². The predicted octanol–water partition coefficient (Wildman–Crippen LogP) is 10.5. The maximum atomic E-state index is 6.58. The van der Waals surface area contributed by atoms with Crippen molar-refractivity contribution in [2.45, 2.75) is 49.0 Å². The lowest BCUT2D eigenvalue weighted by atomic mass is 9.78. The second-order valence-electron chi connectivity index (χ2n) is 16.0. The van der Waals surface area contributed by atoms with Crippen LogP contribution in [0.25, 0.3) is 43.1 Å². The van der Waals surface area contributed by atoms with Crippen molar-refractivity contribution in [2.75, 3.05) is 13.1 Å². The third-order valence-electron chi connectivity index (χ3n) is 13.0. The molecule has 4 fully saturated rings. The molecule has 56 heavy (non-hydrogen) atoms. The van der Waals surface area contributed by atoms with Gasteiger partial charge >= 0.3 is 15.2 Å². The molecule has 2 radical (unpaired) electrons. The van der Waals surface area contributed by atoms with Crippen LogP contribution in [0.5, 0.6) is 0 Å². The highest BCUT2D eigenvalue weighted by Crippen LogP contribution is 2.49. The van der Waals surface area contributed by atoms with E-state index in [-0.39, 0.29) is 0 Å². The summed E-state index contributed by atoms with van der Waals surface area (Å²) in [4.78, 5) is 4.79. The van der Waals surface area contributed by atoms with Crippen molar-refractivity contribution in [1.82, 2.24) is 9.62 Å². The largest absolute Gasteiger partial charge is 0.409 e. The molecule has 0 bridgehead atoms. The topological polar surface area (TPSA) is 24.9 Å². The SMILES string of the molecule is [B]1OC(c2ccc3ccccc3c2)(c2ccc3ccccc3c2)[C@@H]2CCCN12.[B]1OC(c2ccc3ccccc3c2)(c2ccc3ccccc3c2)[C@H]2CCCN12. The molecule has 4 nitrogen and oxygen atoms in total. The van der Waals surface area contributed by atoms with Crippen molar-refractivity contribution in [1.29, 1.82) is 0 Å². The van der Waals surface area contributed by atoms with Gasteiger partial charge in [0.05, 0.1) is 0 Å². The van der Waals surface area contributed by atoms with Crippen LogP contribution in [0.3, 0.4) is 0 Å². The molecule has 6 heteroatoms. The first-order valence-electron chi connectivity index (χ1n) is 20.2. The molecule has 2 atom stereocenters. The van der Waals surface area contributed by atoms with Crippen LogP contribution in [0, 0.1) is 0 Å². The maximum Gasteiger partial charge on any atom is 0.400 e. The van der Waals surface area contributed by atoms with Crippen molar-refractivity contribution in [3.05, 3.63) is 192 Å². The van der Waals surface area contributed by atoms with Crippen LogP contribution in [-0.4, -0.2) is 50.0 Å². The monoisotopic (exact) mass is 724 g/mol. The van der Waals surface area contributed by atoms with Gasteiger partial charge in [0.1, 0.15) is 11.2 Å².